The summed E-state index contributed by atoms with van der Waals surface area (Å²) < 4.78 is 32.1. The van der Waals surface area contributed by atoms with Crippen molar-refractivity contribution in [2.24, 2.45) is 0 Å². The highest BCUT2D eigenvalue weighted by molar-refractivity contribution is 5.93. The van der Waals surface area contributed by atoms with Gasteiger partial charge in [0.25, 0.3) is 5.91 Å². The molecule has 6 nitrogen and oxygen atoms in total. The van der Waals surface area contributed by atoms with Crippen molar-refractivity contribution in [3.63, 3.8) is 0 Å². The number of carbonyl (C=O) groups is 1. The van der Waals surface area contributed by atoms with Crippen LogP contribution in [-0.2, 0) is 26.1 Å². The third-order valence-electron chi connectivity index (χ3n) is 6.55. The van der Waals surface area contributed by atoms with Crippen molar-refractivity contribution in [1.29, 1.82) is 0 Å². The summed E-state index contributed by atoms with van der Waals surface area (Å²) in [7, 11) is 0. The largest absolute Gasteiger partial charge is 0.488 e. The van der Waals surface area contributed by atoms with Gasteiger partial charge in [-0.05, 0) is 60.2 Å². The summed E-state index contributed by atoms with van der Waals surface area (Å²) in [5, 5.41) is 6.73. The van der Waals surface area contributed by atoms with E-state index >= 15 is 0 Å². The van der Waals surface area contributed by atoms with Gasteiger partial charge in [-0.25, -0.2) is 4.39 Å². The van der Waals surface area contributed by atoms with Gasteiger partial charge in [0, 0.05) is 18.7 Å². The van der Waals surface area contributed by atoms with Crippen molar-refractivity contribution in [1.82, 2.24) is 10.5 Å². The normalized spacial score (nSPS) is 10.8. The first-order chi connectivity index (χ1) is 20.1. The Kier molecular flexibility index (Phi) is 9.06. The zero-order valence-electron chi connectivity index (χ0n) is 22.8. The Morgan fingerprint density at radius 1 is 0.780 bits per heavy atom. The second-order valence-corrected chi connectivity index (χ2v) is 9.57. The molecule has 1 aromatic heterocycles. The maximum Gasteiger partial charge on any atom is 0.273 e. The zero-order valence-corrected chi connectivity index (χ0v) is 22.8. The Morgan fingerprint density at radius 2 is 1.44 bits per heavy atom. The van der Waals surface area contributed by atoms with Gasteiger partial charge in [-0.3, -0.25) is 4.79 Å². The molecule has 0 unspecified atom stereocenters. The van der Waals surface area contributed by atoms with Crippen LogP contribution in [-0.4, -0.2) is 17.6 Å². The van der Waals surface area contributed by atoms with E-state index in [1.807, 2.05) is 85.8 Å². The van der Waals surface area contributed by atoms with E-state index in [-0.39, 0.29) is 17.4 Å². The number of nitrogens with one attached hydrogen (secondary N) is 1. The molecule has 208 valence electrons. The lowest BCUT2D eigenvalue weighted by atomic mass is 9.99. The molecule has 41 heavy (non-hydrogen) atoms. The number of benzene rings is 4. The molecule has 1 heterocycles. The summed E-state index contributed by atoms with van der Waals surface area (Å²) in [5.41, 5.74) is 4.63. The number of aromatic nitrogens is 1. The average Bonchev–Trinajstić information content (AvgIpc) is 3.50. The van der Waals surface area contributed by atoms with Crippen LogP contribution in [0.1, 0.15) is 39.7 Å². The number of aryl methyl sites for hydroxylation is 2. The fourth-order valence-corrected chi connectivity index (χ4v) is 4.45. The number of nitrogens with zero attached hydrogens (tertiary/aromatic N) is 1. The first kappa shape index (κ1) is 27.6. The molecule has 5 aromatic rings. The summed E-state index contributed by atoms with van der Waals surface area (Å²) >= 11 is 0. The SMILES string of the molecule is CCNC(=O)c1cc(-c2cc(CCc3cccc(F)c3)c(OCc3ccccc3)cc2OCc2ccccc2)on1. The predicted octanol–water partition coefficient (Wildman–Crippen LogP) is 7.17. The molecule has 1 amide bonds. The molecule has 0 spiro atoms. The third kappa shape index (κ3) is 7.39. The van der Waals surface area contributed by atoms with Crippen LogP contribution < -0.4 is 14.8 Å². The first-order valence-electron chi connectivity index (χ1n) is 13.6. The van der Waals surface area contributed by atoms with Crippen LogP contribution in [0.4, 0.5) is 4.39 Å². The maximum atomic E-state index is 13.9. The van der Waals surface area contributed by atoms with Gasteiger partial charge in [-0.1, -0.05) is 78.0 Å². The molecule has 0 radical (unpaired) electrons. The number of rotatable bonds is 12. The minimum absolute atomic E-state index is 0.182. The van der Waals surface area contributed by atoms with E-state index in [1.165, 1.54) is 12.1 Å². The van der Waals surface area contributed by atoms with E-state index in [1.54, 1.807) is 12.1 Å². The van der Waals surface area contributed by atoms with Gasteiger partial charge < -0.3 is 19.3 Å². The summed E-state index contributed by atoms with van der Waals surface area (Å²) in [5.74, 6) is 0.998. The van der Waals surface area contributed by atoms with E-state index in [9.17, 15) is 9.18 Å². The molecule has 0 saturated heterocycles. The standard InChI is InChI=1S/C34H31FN2O4/c1-2-36-34(38)30-20-33(41-37-30)29-19-27(17-16-24-14-9-15-28(35)18-24)31(39-22-25-10-5-3-6-11-25)21-32(29)40-23-26-12-7-4-8-13-26/h3-15,18-21H,2,16-17,22-23H2,1H3,(H,36,38). The van der Waals surface area contributed by atoms with Gasteiger partial charge in [-0.15, -0.1) is 0 Å². The van der Waals surface area contributed by atoms with E-state index in [0.717, 1.165) is 22.3 Å². The Balaban J connectivity index is 1.52. The summed E-state index contributed by atoms with van der Waals surface area (Å²) in [6, 6.07) is 31.8. The first-order valence-corrected chi connectivity index (χ1v) is 13.6. The topological polar surface area (TPSA) is 73.6 Å². The number of hydrogen-bond acceptors (Lipinski definition) is 5. The lowest BCUT2D eigenvalue weighted by Crippen LogP contribution is -2.22. The van der Waals surface area contributed by atoms with Gasteiger partial charge in [0.15, 0.2) is 11.5 Å². The van der Waals surface area contributed by atoms with Gasteiger partial charge in [-0.2, -0.15) is 0 Å². The molecule has 4 aromatic carbocycles. The molecule has 0 atom stereocenters. The second-order valence-electron chi connectivity index (χ2n) is 9.57. The van der Waals surface area contributed by atoms with Crippen LogP contribution in [0.15, 0.2) is 108 Å². The van der Waals surface area contributed by atoms with Gasteiger partial charge in [0.1, 0.15) is 30.5 Å². The predicted molar refractivity (Wildman–Crippen MR) is 155 cm³/mol. The molecule has 1 N–H and O–H groups in total. The number of amides is 1. The lowest BCUT2D eigenvalue weighted by Gasteiger charge is -2.17. The van der Waals surface area contributed by atoms with Crippen molar-refractivity contribution < 1.29 is 23.2 Å². The van der Waals surface area contributed by atoms with Crippen molar-refractivity contribution in [3.05, 3.63) is 137 Å². The molecular weight excluding hydrogens is 519 g/mol. The summed E-state index contributed by atoms with van der Waals surface area (Å²) in [4.78, 5) is 12.4. The maximum absolute atomic E-state index is 13.9. The minimum Gasteiger partial charge on any atom is -0.488 e. The van der Waals surface area contributed by atoms with Crippen LogP contribution in [0, 0.1) is 5.82 Å². The Hall–Kier alpha value is -4.91. The number of halogens is 1. The van der Waals surface area contributed by atoms with Crippen LogP contribution in [0.3, 0.4) is 0 Å². The van der Waals surface area contributed by atoms with Crippen molar-refractivity contribution in [3.8, 4) is 22.8 Å². The minimum atomic E-state index is -0.316. The molecule has 0 aliphatic heterocycles. The third-order valence-corrected chi connectivity index (χ3v) is 6.55. The molecule has 0 saturated carbocycles. The van der Waals surface area contributed by atoms with Gasteiger partial charge in [0.05, 0.1) is 5.56 Å². The number of ether oxygens (including phenoxy) is 2. The molecule has 7 heteroatoms. The highest BCUT2D eigenvalue weighted by atomic mass is 19.1. The Morgan fingerprint density at radius 3 is 2.10 bits per heavy atom. The Bertz CT molecular complexity index is 1590. The quantitative estimate of drug-likeness (QED) is 0.178. The van der Waals surface area contributed by atoms with E-state index in [2.05, 4.69) is 10.5 Å². The van der Waals surface area contributed by atoms with E-state index in [0.29, 0.717) is 55.4 Å². The van der Waals surface area contributed by atoms with Crippen molar-refractivity contribution in [2.45, 2.75) is 33.0 Å². The average molecular weight is 551 g/mol. The number of hydrogen-bond donors (Lipinski definition) is 1. The van der Waals surface area contributed by atoms with Gasteiger partial charge >= 0.3 is 0 Å². The van der Waals surface area contributed by atoms with Gasteiger partial charge in [0.2, 0.25) is 0 Å². The molecule has 0 bridgehead atoms. The highest BCUT2D eigenvalue weighted by Gasteiger charge is 2.20. The van der Waals surface area contributed by atoms with Crippen molar-refractivity contribution >= 4 is 5.91 Å². The van der Waals surface area contributed by atoms with Crippen LogP contribution >= 0.6 is 0 Å². The highest BCUT2D eigenvalue weighted by Crippen LogP contribution is 2.38. The van der Waals surface area contributed by atoms with E-state index < -0.39 is 0 Å². The summed E-state index contributed by atoms with van der Waals surface area (Å²) in [6.07, 6.45) is 1.18. The van der Waals surface area contributed by atoms with Crippen LogP contribution in [0.25, 0.3) is 11.3 Å². The second kappa shape index (κ2) is 13.4. The number of carbonyl (C=O) groups excluding carboxylic acids is 1. The fraction of sp³-hybridized carbons (Fsp3) is 0.176. The molecule has 0 aliphatic rings. The molecule has 0 aliphatic carbocycles. The zero-order chi connectivity index (χ0) is 28.4. The van der Waals surface area contributed by atoms with Crippen LogP contribution in [0.5, 0.6) is 11.5 Å². The molecule has 0 fully saturated rings. The van der Waals surface area contributed by atoms with Crippen LogP contribution in [0.2, 0.25) is 0 Å². The Labute approximate surface area is 238 Å². The summed E-state index contributed by atoms with van der Waals surface area (Å²) in [6.45, 7) is 3.01. The fourth-order valence-electron chi connectivity index (χ4n) is 4.45. The molecule has 5 rings (SSSR count). The van der Waals surface area contributed by atoms with Crippen molar-refractivity contribution in [2.75, 3.05) is 6.54 Å². The van der Waals surface area contributed by atoms with E-state index in [4.69, 9.17) is 14.0 Å². The molecular formula is C34H31FN2O4. The monoisotopic (exact) mass is 550 g/mol. The smallest absolute Gasteiger partial charge is 0.273 e. The lowest BCUT2D eigenvalue weighted by molar-refractivity contribution is 0.0947.